The maximum absolute atomic E-state index is 15.3. The van der Waals surface area contributed by atoms with E-state index in [2.05, 4.69) is 31.1 Å². The van der Waals surface area contributed by atoms with Gasteiger partial charge in [0.15, 0.2) is 0 Å². The first kappa shape index (κ1) is 25.7. The molecule has 2 aromatic carbocycles. The molecule has 3 N–H and O–H groups in total. The molecule has 39 heavy (non-hydrogen) atoms. The molecule has 3 aliphatic rings. The number of carbonyl (C=O) groups excluding carboxylic acids is 1. The second-order valence-electron chi connectivity index (χ2n) is 11.1. The molecule has 1 aliphatic carbocycles. The third-order valence-corrected chi connectivity index (χ3v) is 8.01. The van der Waals surface area contributed by atoms with Crippen LogP contribution in [0.25, 0.3) is 22.3 Å². The van der Waals surface area contributed by atoms with E-state index in [1.165, 1.54) is 18.9 Å². The summed E-state index contributed by atoms with van der Waals surface area (Å²) in [7, 11) is 4.04. The smallest absolute Gasteiger partial charge is 0.251 e. The van der Waals surface area contributed by atoms with E-state index in [0.29, 0.717) is 36.2 Å². The minimum Gasteiger partial charge on any atom is -0.383 e. The van der Waals surface area contributed by atoms with Crippen LogP contribution in [0.5, 0.6) is 0 Å². The Morgan fingerprint density at radius 3 is 2.49 bits per heavy atom. The summed E-state index contributed by atoms with van der Waals surface area (Å²) in [5, 5.41) is 2.73. The lowest BCUT2D eigenvalue weighted by Gasteiger charge is -2.37. The van der Waals surface area contributed by atoms with E-state index in [-0.39, 0.29) is 22.9 Å². The van der Waals surface area contributed by atoms with Crippen LogP contribution in [0.2, 0.25) is 0 Å². The molecule has 1 saturated carbocycles. The maximum atomic E-state index is 15.3. The number of rotatable bonds is 6. The second-order valence-corrected chi connectivity index (χ2v) is 11.1. The molecule has 9 heteroatoms. The Balaban J connectivity index is 1.37. The minimum absolute atomic E-state index is 0.0889. The van der Waals surface area contributed by atoms with Gasteiger partial charge in [-0.05, 0) is 80.4 Å². The van der Waals surface area contributed by atoms with Crippen molar-refractivity contribution in [1.82, 2.24) is 20.1 Å². The van der Waals surface area contributed by atoms with E-state index in [9.17, 15) is 4.79 Å². The first-order valence-electron chi connectivity index (χ1n) is 13.6. The molecule has 204 valence electrons. The van der Waals surface area contributed by atoms with Gasteiger partial charge >= 0.3 is 0 Å². The zero-order valence-corrected chi connectivity index (χ0v) is 22.4. The normalized spacial score (nSPS) is 17.9. The van der Waals surface area contributed by atoms with Crippen molar-refractivity contribution in [2.24, 2.45) is 0 Å². The number of nitrogens with two attached hydrogens (primary N) is 1. The van der Waals surface area contributed by atoms with Crippen molar-refractivity contribution in [3.05, 3.63) is 64.9 Å². The number of nitrogen functional groups attached to an aromatic ring is 1. The number of amides is 1. The lowest BCUT2D eigenvalue weighted by molar-refractivity contribution is 0.0945. The topological polar surface area (TPSA) is 77.7 Å². The number of hydrogen-bond acceptors (Lipinski definition) is 6. The highest BCUT2D eigenvalue weighted by molar-refractivity contribution is 5.97. The van der Waals surface area contributed by atoms with Crippen LogP contribution in [0.1, 0.15) is 34.3 Å². The van der Waals surface area contributed by atoms with E-state index in [1.54, 1.807) is 12.1 Å². The van der Waals surface area contributed by atoms with Crippen LogP contribution in [0.4, 0.5) is 20.3 Å². The number of hydrogen-bond donors (Lipinski definition) is 2. The van der Waals surface area contributed by atoms with Crippen molar-refractivity contribution in [2.45, 2.75) is 31.8 Å². The van der Waals surface area contributed by atoms with E-state index in [4.69, 9.17) is 5.73 Å². The molecule has 0 spiro atoms. The number of aromatic nitrogens is 1. The molecule has 0 unspecified atom stereocenters. The number of piperazine rings is 1. The summed E-state index contributed by atoms with van der Waals surface area (Å²) >= 11 is 0. The van der Waals surface area contributed by atoms with Crippen LogP contribution in [0, 0.1) is 11.8 Å². The molecular weight excluding hydrogens is 498 g/mol. The first-order chi connectivity index (χ1) is 18.8. The predicted octanol–water partition coefficient (Wildman–Crippen LogP) is 3.91. The summed E-state index contributed by atoms with van der Waals surface area (Å²) in [5.41, 5.74) is 10.9. The highest BCUT2D eigenvalue weighted by atomic mass is 19.1. The fraction of sp³-hybridized carbons (Fsp3) is 0.400. The van der Waals surface area contributed by atoms with Crippen LogP contribution in [-0.2, 0) is 13.0 Å². The number of fused-ring (bicyclic) bond motifs is 1. The Bertz CT molecular complexity index is 1430. The third kappa shape index (κ3) is 5.08. The molecule has 0 radical (unpaired) electrons. The highest BCUT2D eigenvalue weighted by Gasteiger charge is 2.31. The molecule has 3 heterocycles. The Morgan fingerprint density at radius 2 is 1.77 bits per heavy atom. The number of nitrogens with one attached hydrogen (secondary N) is 1. The quantitative estimate of drug-likeness (QED) is 0.469. The summed E-state index contributed by atoms with van der Waals surface area (Å²) in [6.45, 7) is 5.23. The largest absolute Gasteiger partial charge is 0.383 e. The van der Waals surface area contributed by atoms with Gasteiger partial charge in [-0.1, -0.05) is 6.07 Å². The third-order valence-electron chi connectivity index (χ3n) is 8.01. The standard InChI is InChI=1S/C30H34F2N6O/c1-36(2)17-20-13-18(3-6-27(20)38-11-9-37(10-12-38)21-4-5-21)22-15-25(29(33)35-28(22)32)24-14-19-7-8-34-30(39)23(19)16-26(24)31/h3,6,13-16,21H,4-5,7-12,17H2,1-2H3,(H2,33,35)(H,34,39). The van der Waals surface area contributed by atoms with Gasteiger partial charge in [0.05, 0.1) is 0 Å². The Hall–Kier alpha value is -3.56. The molecule has 1 amide bonds. The summed E-state index contributed by atoms with van der Waals surface area (Å²) in [6.07, 6.45) is 3.21. The zero-order valence-electron chi connectivity index (χ0n) is 22.4. The number of carbonyl (C=O) groups is 1. The molecular formula is C30H34F2N6O. The molecule has 3 aromatic rings. The molecule has 1 aromatic heterocycles. The molecule has 6 rings (SSSR count). The molecule has 2 aliphatic heterocycles. The van der Waals surface area contributed by atoms with Crippen LogP contribution < -0.4 is 16.0 Å². The zero-order chi connectivity index (χ0) is 27.3. The van der Waals surface area contributed by atoms with E-state index in [0.717, 1.165) is 49.0 Å². The van der Waals surface area contributed by atoms with Crippen molar-refractivity contribution >= 4 is 17.4 Å². The van der Waals surface area contributed by atoms with E-state index < -0.39 is 11.8 Å². The SMILES string of the molecule is CN(C)Cc1cc(-c2cc(-c3cc4c(cc3F)C(=O)NCC4)c(N)nc2F)ccc1N1CCN(C2CC2)CC1. The fourth-order valence-electron chi connectivity index (χ4n) is 5.87. The van der Waals surface area contributed by atoms with Crippen molar-refractivity contribution < 1.29 is 13.6 Å². The summed E-state index contributed by atoms with van der Waals surface area (Å²) in [6, 6.07) is 11.2. The Labute approximate surface area is 227 Å². The van der Waals surface area contributed by atoms with Crippen LogP contribution in [-0.4, -0.2) is 73.6 Å². The van der Waals surface area contributed by atoms with Crippen LogP contribution in [0.3, 0.4) is 0 Å². The second kappa shape index (κ2) is 10.2. The summed E-state index contributed by atoms with van der Waals surface area (Å²) < 4.78 is 30.5. The van der Waals surface area contributed by atoms with Gasteiger partial charge in [0.2, 0.25) is 5.95 Å². The monoisotopic (exact) mass is 532 g/mol. The van der Waals surface area contributed by atoms with Crippen molar-refractivity contribution in [2.75, 3.05) is 57.5 Å². The molecule has 1 saturated heterocycles. The Morgan fingerprint density at radius 1 is 1.00 bits per heavy atom. The lowest BCUT2D eigenvalue weighted by Crippen LogP contribution is -2.47. The molecule has 7 nitrogen and oxygen atoms in total. The van der Waals surface area contributed by atoms with Crippen molar-refractivity contribution in [3.8, 4) is 22.3 Å². The van der Waals surface area contributed by atoms with Gasteiger partial charge in [-0.2, -0.15) is 4.39 Å². The molecule has 0 atom stereocenters. The van der Waals surface area contributed by atoms with Gasteiger partial charge in [0, 0.05) is 73.3 Å². The number of pyridine rings is 1. The summed E-state index contributed by atoms with van der Waals surface area (Å²) in [4.78, 5) is 23.2. The van der Waals surface area contributed by atoms with Crippen LogP contribution >= 0.6 is 0 Å². The average Bonchev–Trinajstić information content (AvgIpc) is 3.75. The van der Waals surface area contributed by atoms with E-state index in [1.807, 2.05) is 26.2 Å². The number of benzene rings is 2. The number of anilines is 2. The van der Waals surface area contributed by atoms with Gasteiger partial charge in [-0.25, -0.2) is 9.37 Å². The van der Waals surface area contributed by atoms with E-state index >= 15 is 8.78 Å². The van der Waals surface area contributed by atoms with Gasteiger partial charge < -0.3 is 20.9 Å². The van der Waals surface area contributed by atoms with Crippen LogP contribution in [0.15, 0.2) is 36.4 Å². The van der Waals surface area contributed by atoms with Gasteiger partial charge in [-0.3, -0.25) is 9.69 Å². The maximum Gasteiger partial charge on any atom is 0.251 e. The first-order valence-corrected chi connectivity index (χ1v) is 13.6. The van der Waals surface area contributed by atoms with Gasteiger partial charge in [0.1, 0.15) is 11.6 Å². The highest BCUT2D eigenvalue weighted by Crippen LogP contribution is 2.37. The van der Waals surface area contributed by atoms with Crippen molar-refractivity contribution in [1.29, 1.82) is 0 Å². The molecule has 2 fully saturated rings. The molecule has 0 bridgehead atoms. The lowest BCUT2D eigenvalue weighted by atomic mass is 9.93. The fourth-order valence-corrected chi connectivity index (χ4v) is 5.87. The predicted molar refractivity (Wildman–Crippen MR) is 150 cm³/mol. The minimum atomic E-state index is -0.699. The number of halogens is 2. The van der Waals surface area contributed by atoms with Crippen molar-refractivity contribution in [3.63, 3.8) is 0 Å². The van der Waals surface area contributed by atoms with Gasteiger partial charge in [-0.15, -0.1) is 0 Å². The number of nitrogens with zero attached hydrogens (tertiary/aromatic N) is 4. The summed E-state index contributed by atoms with van der Waals surface area (Å²) in [5.74, 6) is -1.68. The average molecular weight is 533 g/mol. The van der Waals surface area contributed by atoms with Gasteiger partial charge in [0.25, 0.3) is 5.91 Å². The Kier molecular flexibility index (Phi) is 6.72.